The Morgan fingerprint density at radius 2 is 2.00 bits per heavy atom. The van der Waals surface area contributed by atoms with Crippen LogP contribution in [0.4, 0.5) is 4.79 Å². The number of rotatable bonds is 3. The van der Waals surface area contributed by atoms with Crippen molar-refractivity contribution in [1.82, 2.24) is 9.78 Å². The van der Waals surface area contributed by atoms with Gasteiger partial charge in [0.05, 0.1) is 24.6 Å². The van der Waals surface area contributed by atoms with Gasteiger partial charge < -0.3 is 4.74 Å². The lowest BCUT2D eigenvalue weighted by Crippen LogP contribution is -2.27. The topological polar surface area (TPSA) is 87.5 Å². The van der Waals surface area contributed by atoms with E-state index in [1.54, 1.807) is 32.9 Å². The van der Waals surface area contributed by atoms with Crippen molar-refractivity contribution < 1.29 is 22.1 Å². The highest BCUT2D eigenvalue weighted by Crippen LogP contribution is 2.26. The zero-order valence-electron chi connectivity index (χ0n) is 13.2. The fourth-order valence-electron chi connectivity index (χ4n) is 1.82. The number of nitrogens with zero attached hydrogens (tertiary/aromatic N) is 2. The molecule has 0 spiro atoms. The Morgan fingerprint density at radius 1 is 1.35 bits per heavy atom. The van der Waals surface area contributed by atoms with Gasteiger partial charge in [0.25, 0.3) is 10.1 Å². The predicted molar refractivity (Wildman–Crippen MR) is 88.7 cm³/mol. The first-order valence-electron chi connectivity index (χ1n) is 6.70. The van der Waals surface area contributed by atoms with Crippen molar-refractivity contribution in [3.63, 3.8) is 0 Å². The molecule has 1 aromatic carbocycles. The summed E-state index contributed by atoms with van der Waals surface area (Å²) in [5.41, 5.74) is 0.440. The number of aromatic nitrogens is 2. The van der Waals surface area contributed by atoms with E-state index in [9.17, 15) is 13.2 Å². The van der Waals surface area contributed by atoms with Crippen molar-refractivity contribution in [3.8, 4) is 0 Å². The van der Waals surface area contributed by atoms with E-state index in [0.29, 0.717) is 20.9 Å². The lowest BCUT2D eigenvalue weighted by molar-refractivity contribution is 0.0522. The van der Waals surface area contributed by atoms with Gasteiger partial charge in [0.2, 0.25) is 0 Å². The molecule has 7 nitrogen and oxygen atoms in total. The molecule has 0 fully saturated rings. The van der Waals surface area contributed by atoms with Crippen LogP contribution in [0.1, 0.15) is 26.3 Å². The number of ether oxygens (including phenoxy) is 1. The van der Waals surface area contributed by atoms with Crippen LogP contribution in [-0.4, -0.2) is 36.1 Å². The minimum atomic E-state index is -3.56. The molecule has 0 saturated heterocycles. The zero-order valence-corrected chi connectivity index (χ0v) is 15.6. The molecule has 1 heterocycles. The maximum atomic E-state index is 12.2. The average Bonchev–Trinajstić information content (AvgIpc) is 2.75. The molecule has 0 aliphatic heterocycles. The summed E-state index contributed by atoms with van der Waals surface area (Å²) in [5.74, 6) is 0. The Balaban J connectivity index is 2.40. The first kappa shape index (κ1) is 17.9. The smallest absolute Gasteiger partial charge is 0.435 e. The van der Waals surface area contributed by atoms with Crippen LogP contribution in [0, 0.1) is 0 Å². The van der Waals surface area contributed by atoms with E-state index in [2.05, 4.69) is 21.0 Å². The fraction of sp³-hybridized carbons (Fsp3) is 0.429. The summed E-state index contributed by atoms with van der Waals surface area (Å²) < 4.78 is 34.2. The van der Waals surface area contributed by atoms with E-state index in [-0.39, 0.29) is 6.61 Å². The Bertz CT molecular complexity index is 852. The highest BCUT2D eigenvalue weighted by atomic mass is 79.9. The molecule has 23 heavy (non-hydrogen) atoms. The molecule has 0 unspecified atom stereocenters. The SMILES string of the molecule is CC(C)(C)OC(=O)n1ncc2cc(Br)c(COS(C)(=O)=O)cc21. The minimum absolute atomic E-state index is 0.144. The molecule has 0 bridgehead atoms. The van der Waals surface area contributed by atoms with Gasteiger partial charge in [0.1, 0.15) is 5.60 Å². The number of benzene rings is 1. The zero-order chi connectivity index (χ0) is 17.4. The summed E-state index contributed by atoms with van der Waals surface area (Å²) in [5, 5.41) is 4.75. The Labute approximate surface area is 142 Å². The van der Waals surface area contributed by atoms with Gasteiger partial charge in [0.15, 0.2) is 0 Å². The molecule has 2 rings (SSSR count). The van der Waals surface area contributed by atoms with Crippen LogP contribution < -0.4 is 0 Å². The molecule has 9 heteroatoms. The van der Waals surface area contributed by atoms with Crippen molar-refractivity contribution in [2.24, 2.45) is 0 Å². The number of carbonyl (C=O) groups is 1. The minimum Gasteiger partial charge on any atom is -0.442 e. The van der Waals surface area contributed by atoms with Crippen molar-refractivity contribution >= 4 is 43.0 Å². The second kappa shape index (κ2) is 6.21. The van der Waals surface area contributed by atoms with Gasteiger partial charge in [0, 0.05) is 9.86 Å². The molecule has 0 N–H and O–H groups in total. The standard InChI is InChI=1S/C14H17BrN2O5S/c1-14(2,3)22-13(18)17-12-6-10(8-21-23(4,19)20)11(15)5-9(12)7-16-17/h5-7H,8H2,1-4H3. The van der Waals surface area contributed by atoms with E-state index < -0.39 is 21.8 Å². The molecular weight excluding hydrogens is 388 g/mol. The van der Waals surface area contributed by atoms with Gasteiger partial charge in [-0.2, -0.15) is 18.2 Å². The van der Waals surface area contributed by atoms with Crippen molar-refractivity contribution in [2.75, 3.05) is 6.26 Å². The van der Waals surface area contributed by atoms with E-state index in [0.717, 1.165) is 10.9 Å². The molecule has 0 radical (unpaired) electrons. The molecule has 2 aromatic rings. The van der Waals surface area contributed by atoms with E-state index in [4.69, 9.17) is 8.92 Å². The number of halogens is 1. The number of carbonyl (C=O) groups excluding carboxylic acids is 1. The van der Waals surface area contributed by atoms with Gasteiger partial charge >= 0.3 is 6.09 Å². The Morgan fingerprint density at radius 3 is 2.57 bits per heavy atom. The van der Waals surface area contributed by atoms with Crippen LogP contribution in [0.25, 0.3) is 10.9 Å². The second-order valence-corrected chi connectivity index (χ2v) is 8.50. The Hall–Kier alpha value is -1.45. The third-order valence-corrected chi connectivity index (χ3v) is 4.02. The molecule has 126 valence electrons. The van der Waals surface area contributed by atoms with Crippen LogP contribution in [0.2, 0.25) is 0 Å². The largest absolute Gasteiger partial charge is 0.442 e. The lowest BCUT2D eigenvalue weighted by atomic mass is 10.2. The molecule has 1 aromatic heterocycles. The van der Waals surface area contributed by atoms with Crippen molar-refractivity contribution in [1.29, 1.82) is 0 Å². The quantitative estimate of drug-likeness (QED) is 0.730. The maximum absolute atomic E-state index is 12.2. The molecule has 0 amide bonds. The molecule has 0 atom stereocenters. The van der Waals surface area contributed by atoms with Crippen LogP contribution in [0.3, 0.4) is 0 Å². The third-order valence-electron chi connectivity index (χ3n) is 2.73. The van der Waals surface area contributed by atoms with Gasteiger partial charge in [-0.25, -0.2) is 4.79 Å². The predicted octanol–water partition coefficient (Wildman–Crippen LogP) is 3.06. The van der Waals surface area contributed by atoms with Crippen LogP contribution in [0.5, 0.6) is 0 Å². The van der Waals surface area contributed by atoms with Crippen molar-refractivity contribution in [2.45, 2.75) is 33.0 Å². The summed E-state index contributed by atoms with van der Waals surface area (Å²) in [4.78, 5) is 12.2. The summed E-state index contributed by atoms with van der Waals surface area (Å²) in [7, 11) is -3.56. The van der Waals surface area contributed by atoms with Gasteiger partial charge in [-0.05, 0) is 38.5 Å². The number of hydrogen-bond acceptors (Lipinski definition) is 6. The number of fused-ring (bicyclic) bond motifs is 1. The van der Waals surface area contributed by atoms with Gasteiger partial charge in [-0.1, -0.05) is 15.9 Å². The van der Waals surface area contributed by atoms with Crippen molar-refractivity contribution in [3.05, 3.63) is 28.4 Å². The summed E-state index contributed by atoms with van der Waals surface area (Å²) in [6.45, 7) is 5.14. The third kappa shape index (κ3) is 4.76. The van der Waals surface area contributed by atoms with Gasteiger partial charge in [-0.3, -0.25) is 4.18 Å². The highest BCUT2D eigenvalue weighted by Gasteiger charge is 2.20. The average molecular weight is 405 g/mol. The summed E-state index contributed by atoms with van der Waals surface area (Å²) in [6.07, 6.45) is 1.90. The summed E-state index contributed by atoms with van der Waals surface area (Å²) >= 11 is 3.35. The Kier molecular flexibility index (Phi) is 4.84. The van der Waals surface area contributed by atoms with Gasteiger partial charge in [-0.15, -0.1) is 0 Å². The number of hydrogen-bond donors (Lipinski definition) is 0. The first-order valence-corrected chi connectivity index (χ1v) is 9.31. The molecule has 0 aliphatic rings. The maximum Gasteiger partial charge on any atom is 0.435 e. The lowest BCUT2D eigenvalue weighted by Gasteiger charge is -2.19. The first-order chi connectivity index (χ1) is 10.5. The monoisotopic (exact) mass is 404 g/mol. The molecule has 0 aliphatic carbocycles. The van der Waals surface area contributed by atoms with Crippen LogP contribution in [0.15, 0.2) is 22.8 Å². The van der Waals surface area contributed by atoms with Crippen LogP contribution in [-0.2, 0) is 25.6 Å². The van der Waals surface area contributed by atoms with E-state index in [1.165, 1.54) is 6.20 Å². The molecular formula is C14H17BrN2O5S. The highest BCUT2D eigenvalue weighted by molar-refractivity contribution is 9.10. The summed E-state index contributed by atoms with van der Waals surface area (Å²) in [6, 6.07) is 3.38. The van der Waals surface area contributed by atoms with E-state index in [1.807, 2.05) is 0 Å². The normalized spacial score (nSPS) is 12.6. The molecule has 0 saturated carbocycles. The van der Waals surface area contributed by atoms with E-state index >= 15 is 0 Å². The second-order valence-electron chi connectivity index (χ2n) is 6.01. The fourth-order valence-corrected chi connectivity index (χ4v) is 2.64. The van der Waals surface area contributed by atoms with Crippen LogP contribution >= 0.6 is 15.9 Å².